The van der Waals surface area contributed by atoms with Crippen LogP contribution < -0.4 is 4.90 Å². The van der Waals surface area contributed by atoms with Gasteiger partial charge in [0.25, 0.3) is 0 Å². The molecule has 0 unspecified atom stereocenters. The average molecular weight is 590 g/mol. The molecule has 1 nitrogen and oxygen atoms in total. The van der Waals surface area contributed by atoms with Crippen molar-refractivity contribution in [2.24, 2.45) is 35.5 Å². The Morgan fingerprint density at radius 3 is 1.20 bits per heavy atom. The Morgan fingerprint density at radius 2 is 0.778 bits per heavy atom. The number of hydrogen-bond acceptors (Lipinski definition) is 1. The zero-order chi connectivity index (χ0) is 29.6. The molecule has 0 radical (unpaired) electrons. The van der Waals surface area contributed by atoms with Crippen molar-refractivity contribution in [2.75, 3.05) is 4.90 Å². The van der Waals surface area contributed by atoms with Crippen molar-refractivity contribution in [3.8, 4) is 11.1 Å². The highest BCUT2D eigenvalue weighted by atomic mass is 15.1. The molecular formula is C44H47N. The molecule has 0 atom stereocenters. The number of rotatable bonds is 6. The average Bonchev–Trinajstić information content (AvgIpc) is 3.05. The standard InChI is InChI=1S/C44H47N/c1-2-6-36(7-3-1)41-8-4-5-9-42(41)45(39-14-10-37(11-15-39)43-24-30-18-31(25-43)20-32(19-30)26-43)40-16-12-38(13-17-40)44-27-33-21-34(28-44)23-35(22-33)29-44/h1-17,30-35H,18-29H2. The molecule has 0 amide bonds. The van der Waals surface area contributed by atoms with E-state index in [0.717, 1.165) is 35.5 Å². The molecule has 8 bridgehead atoms. The van der Waals surface area contributed by atoms with E-state index in [2.05, 4.69) is 108 Å². The molecule has 0 heterocycles. The van der Waals surface area contributed by atoms with Crippen molar-refractivity contribution < 1.29 is 0 Å². The molecule has 4 aromatic carbocycles. The Hall–Kier alpha value is -3.32. The molecule has 45 heavy (non-hydrogen) atoms. The van der Waals surface area contributed by atoms with Gasteiger partial charge in [0.2, 0.25) is 0 Å². The largest absolute Gasteiger partial charge is 0.310 e. The van der Waals surface area contributed by atoms with Crippen LogP contribution >= 0.6 is 0 Å². The van der Waals surface area contributed by atoms with E-state index in [4.69, 9.17) is 0 Å². The molecular weight excluding hydrogens is 542 g/mol. The van der Waals surface area contributed by atoms with Crippen LogP contribution in [-0.2, 0) is 10.8 Å². The third-order valence-corrected chi connectivity index (χ3v) is 13.8. The molecule has 8 aliphatic carbocycles. The third-order valence-electron chi connectivity index (χ3n) is 13.8. The minimum atomic E-state index is 0.430. The fourth-order valence-corrected chi connectivity index (χ4v) is 12.8. The fourth-order valence-electron chi connectivity index (χ4n) is 12.8. The summed E-state index contributed by atoms with van der Waals surface area (Å²) in [6, 6.07) is 39.8. The van der Waals surface area contributed by atoms with Crippen LogP contribution in [0, 0.1) is 35.5 Å². The second-order valence-corrected chi connectivity index (χ2v) is 16.7. The topological polar surface area (TPSA) is 3.24 Å². The van der Waals surface area contributed by atoms with Crippen molar-refractivity contribution in [2.45, 2.75) is 87.9 Å². The molecule has 0 aliphatic heterocycles. The summed E-state index contributed by atoms with van der Waals surface area (Å²) in [7, 11) is 0. The molecule has 8 fully saturated rings. The maximum absolute atomic E-state index is 2.54. The van der Waals surface area contributed by atoms with Crippen LogP contribution in [0.5, 0.6) is 0 Å². The summed E-state index contributed by atoms with van der Waals surface area (Å²) in [6.07, 6.45) is 17.5. The van der Waals surface area contributed by atoms with Gasteiger partial charge in [0.05, 0.1) is 5.69 Å². The summed E-state index contributed by atoms with van der Waals surface area (Å²) in [5.41, 5.74) is 10.4. The van der Waals surface area contributed by atoms with Crippen molar-refractivity contribution in [1.29, 1.82) is 0 Å². The molecule has 12 rings (SSSR count). The zero-order valence-corrected chi connectivity index (χ0v) is 26.7. The predicted molar refractivity (Wildman–Crippen MR) is 186 cm³/mol. The van der Waals surface area contributed by atoms with Crippen molar-refractivity contribution >= 4 is 17.1 Å². The first-order chi connectivity index (χ1) is 22.1. The van der Waals surface area contributed by atoms with Gasteiger partial charge in [-0.3, -0.25) is 0 Å². The van der Waals surface area contributed by atoms with E-state index in [0.29, 0.717) is 10.8 Å². The highest BCUT2D eigenvalue weighted by molar-refractivity contribution is 5.88. The normalized spacial score (nSPS) is 35.6. The van der Waals surface area contributed by atoms with Crippen LogP contribution in [0.25, 0.3) is 11.1 Å². The smallest absolute Gasteiger partial charge is 0.0540 e. The van der Waals surface area contributed by atoms with Gasteiger partial charge in [-0.05, 0) is 170 Å². The van der Waals surface area contributed by atoms with E-state index in [9.17, 15) is 0 Å². The quantitative estimate of drug-likeness (QED) is 0.216. The Bertz CT molecular complexity index is 1540. The number of benzene rings is 4. The van der Waals surface area contributed by atoms with Gasteiger partial charge < -0.3 is 4.90 Å². The van der Waals surface area contributed by atoms with Crippen LogP contribution in [0.1, 0.15) is 88.2 Å². The fraction of sp³-hybridized carbons (Fsp3) is 0.455. The first-order valence-corrected chi connectivity index (χ1v) is 18.3. The lowest BCUT2D eigenvalue weighted by Crippen LogP contribution is -2.48. The predicted octanol–water partition coefficient (Wildman–Crippen LogP) is 11.8. The summed E-state index contributed by atoms with van der Waals surface area (Å²) >= 11 is 0. The Morgan fingerprint density at radius 1 is 0.400 bits per heavy atom. The highest BCUT2D eigenvalue weighted by Gasteiger charge is 2.52. The van der Waals surface area contributed by atoms with Crippen molar-refractivity contribution in [1.82, 2.24) is 0 Å². The third kappa shape index (κ3) is 4.39. The second-order valence-electron chi connectivity index (χ2n) is 16.7. The van der Waals surface area contributed by atoms with Gasteiger partial charge in [0.15, 0.2) is 0 Å². The summed E-state index contributed by atoms with van der Waals surface area (Å²) in [5, 5.41) is 0. The minimum Gasteiger partial charge on any atom is -0.310 e. The first kappa shape index (κ1) is 26.9. The highest BCUT2D eigenvalue weighted by Crippen LogP contribution is 2.62. The van der Waals surface area contributed by atoms with Crippen LogP contribution in [0.2, 0.25) is 0 Å². The lowest BCUT2D eigenvalue weighted by Gasteiger charge is -2.57. The molecule has 0 saturated heterocycles. The van der Waals surface area contributed by atoms with Crippen LogP contribution in [0.3, 0.4) is 0 Å². The van der Waals surface area contributed by atoms with Gasteiger partial charge >= 0.3 is 0 Å². The molecule has 0 spiro atoms. The number of anilines is 3. The Labute approximate surface area is 270 Å². The van der Waals surface area contributed by atoms with E-state index in [1.807, 2.05) is 0 Å². The van der Waals surface area contributed by atoms with Crippen LogP contribution in [-0.4, -0.2) is 0 Å². The van der Waals surface area contributed by atoms with E-state index < -0.39 is 0 Å². The van der Waals surface area contributed by atoms with E-state index >= 15 is 0 Å². The molecule has 1 heteroatoms. The summed E-state index contributed by atoms with van der Waals surface area (Å²) < 4.78 is 0. The van der Waals surface area contributed by atoms with E-state index in [1.165, 1.54) is 105 Å². The minimum absolute atomic E-state index is 0.430. The summed E-state index contributed by atoms with van der Waals surface area (Å²) in [4.78, 5) is 2.54. The van der Waals surface area contributed by atoms with E-state index in [-0.39, 0.29) is 0 Å². The summed E-state index contributed by atoms with van der Waals surface area (Å²) in [6.45, 7) is 0. The molecule has 8 aliphatic rings. The van der Waals surface area contributed by atoms with Gasteiger partial charge in [-0.15, -0.1) is 0 Å². The van der Waals surface area contributed by atoms with E-state index in [1.54, 1.807) is 11.1 Å². The van der Waals surface area contributed by atoms with Crippen LogP contribution in [0.4, 0.5) is 17.1 Å². The molecule has 0 N–H and O–H groups in total. The Kier molecular flexibility index (Phi) is 6.02. The first-order valence-electron chi connectivity index (χ1n) is 18.3. The lowest BCUT2D eigenvalue weighted by molar-refractivity contribution is -0.00529. The molecule has 4 aromatic rings. The maximum atomic E-state index is 2.54. The molecule has 228 valence electrons. The van der Waals surface area contributed by atoms with Gasteiger partial charge in [-0.25, -0.2) is 0 Å². The van der Waals surface area contributed by atoms with Gasteiger partial charge in [0.1, 0.15) is 0 Å². The number of nitrogens with zero attached hydrogens (tertiary/aromatic N) is 1. The van der Waals surface area contributed by atoms with Crippen LogP contribution in [0.15, 0.2) is 103 Å². The lowest BCUT2D eigenvalue weighted by atomic mass is 9.48. The van der Waals surface area contributed by atoms with Gasteiger partial charge in [0, 0.05) is 16.9 Å². The zero-order valence-electron chi connectivity index (χ0n) is 26.7. The van der Waals surface area contributed by atoms with Gasteiger partial charge in [-0.2, -0.15) is 0 Å². The molecule has 0 aromatic heterocycles. The Balaban J connectivity index is 1.05. The van der Waals surface area contributed by atoms with Crippen molar-refractivity contribution in [3.63, 3.8) is 0 Å². The monoisotopic (exact) mass is 589 g/mol. The summed E-state index contributed by atoms with van der Waals surface area (Å²) in [5.74, 6) is 5.82. The van der Waals surface area contributed by atoms with Crippen molar-refractivity contribution in [3.05, 3.63) is 114 Å². The molecule has 8 saturated carbocycles. The number of para-hydroxylation sites is 1. The SMILES string of the molecule is c1ccc(-c2ccccc2N(c2ccc(C34CC5CC(CC(C5)C3)C4)cc2)c2ccc(C34CC5CC(CC(C5)C3)C4)cc2)cc1. The maximum Gasteiger partial charge on any atom is 0.0540 e. The van der Waals surface area contributed by atoms with Gasteiger partial charge in [-0.1, -0.05) is 72.8 Å². The second kappa shape index (κ2) is 10.1. The number of hydrogen-bond donors (Lipinski definition) is 0.